The number of hydrogen-bond acceptors (Lipinski definition) is 1. The van der Waals surface area contributed by atoms with Gasteiger partial charge < -0.3 is 0 Å². The van der Waals surface area contributed by atoms with Crippen molar-refractivity contribution in [3.8, 4) is 11.1 Å². The van der Waals surface area contributed by atoms with E-state index in [1.54, 1.807) is 0 Å². The van der Waals surface area contributed by atoms with Crippen molar-refractivity contribution in [2.45, 2.75) is 0 Å². The van der Waals surface area contributed by atoms with Gasteiger partial charge in [0.05, 0.1) is 0 Å². The third kappa shape index (κ3) is 1.63. The van der Waals surface area contributed by atoms with Crippen LogP contribution in [0.1, 0.15) is 0 Å². The molecule has 0 fully saturated rings. The van der Waals surface area contributed by atoms with Crippen molar-refractivity contribution in [3.05, 3.63) is 72.8 Å². The third-order valence-electron chi connectivity index (χ3n) is 4.40. The molecule has 4 aromatic rings. The molecular weight excluding hydrogens is 335 g/mol. The predicted octanol–water partition coefficient (Wildman–Crippen LogP) is 3.07. The van der Waals surface area contributed by atoms with Gasteiger partial charge in [-0.1, -0.05) is 0 Å². The van der Waals surface area contributed by atoms with Crippen LogP contribution in [0.5, 0.6) is 0 Å². The van der Waals surface area contributed by atoms with Gasteiger partial charge in [0.1, 0.15) is 0 Å². The van der Waals surface area contributed by atoms with E-state index in [-0.39, 0.29) is 0 Å². The molecular formula is C20H13OSe. The fraction of sp³-hybridized carbons (Fsp3) is 0. The molecule has 1 radical (unpaired) electrons. The Morgan fingerprint density at radius 3 is 1.32 bits per heavy atom. The summed E-state index contributed by atoms with van der Waals surface area (Å²) in [6.07, 6.45) is 0. The third-order valence-corrected chi connectivity index (χ3v) is 7.57. The van der Waals surface area contributed by atoms with Crippen LogP contribution in [0.15, 0.2) is 72.8 Å². The Labute approximate surface area is 133 Å². The molecule has 0 atom stereocenters. The van der Waals surface area contributed by atoms with E-state index in [0.717, 1.165) is 8.92 Å². The van der Waals surface area contributed by atoms with E-state index in [1.165, 1.54) is 32.7 Å². The van der Waals surface area contributed by atoms with Crippen LogP contribution < -0.4 is 8.92 Å². The molecule has 1 heterocycles. The van der Waals surface area contributed by atoms with Gasteiger partial charge in [-0.05, 0) is 0 Å². The van der Waals surface area contributed by atoms with Crippen molar-refractivity contribution in [1.82, 2.24) is 0 Å². The quantitative estimate of drug-likeness (QED) is 0.484. The normalized spacial score (nSPS) is 13.5. The van der Waals surface area contributed by atoms with Crippen molar-refractivity contribution in [3.63, 3.8) is 0 Å². The van der Waals surface area contributed by atoms with Gasteiger partial charge in [-0.2, -0.15) is 0 Å². The molecule has 0 saturated carbocycles. The molecule has 0 saturated heterocycles. The molecule has 1 nitrogen and oxygen atoms in total. The van der Waals surface area contributed by atoms with Crippen LogP contribution in [-0.4, -0.2) is 18.4 Å². The van der Waals surface area contributed by atoms with Crippen LogP contribution in [0.25, 0.3) is 32.7 Å². The first-order valence-corrected chi connectivity index (χ1v) is 9.78. The summed E-state index contributed by atoms with van der Waals surface area (Å²) in [6, 6.07) is 25.6. The fourth-order valence-corrected chi connectivity index (χ4v) is 6.38. The Morgan fingerprint density at radius 1 is 0.545 bits per heavy atom. The minimum atomic E-state index is -1.91. The Morgan fingerprint density at radius 2 is 0.909 bits per heavy atom. The molecule has 105 valence electrons. The van der Waals surface area contributed by atoms with E-state index in [1.807, 2.05) is 0 Å². The summed E-state index contributed by atoms with van der Waals surface area (Å²) >= 11 is -1.91. The van der Waals surface area contributed by atoms with Gasteiger partial charge in [0.15, 0.2) is 0 Å². The second-order valence-corrected chi connectivity index (χ2v) is 8.72. The summed E-state index contributed by atoms with van der Waals surface area (Å²) < 4.78 is 13.2. The van der Waals surface area contributed by atoms with Crippen LogP contribution in [0.4, 0.5) is 0 Å². The maximum absolute atomic E-state index is 10.9. The number of fused-ring (bicyclic) bond motifs is 5. The van der Waals surface area contributed by atoms with Gasteiger partial charge >= 0.3 is 133 Å². The number of benzene rings is 4. The number of rotatable bonds is 0. The van der Waals surface area contributed by atoms with Crippen molar-refractivity contribution >= 4 is 44.7 Å². The van der Waals surface area contributed by atoms with E-state index >= 15 is 0 Å². The molecule has 0 unspecified atom stereocenters. The van der Waals surface area contributed by atoms with Crippen LogP contribution in [0, 0.1) is 0 Å². The van der Waals surface area contributed by atoms with Crippen molar-refractivity contribution in [2.24, 2.45) is 0 Å². The zero-order valence-corrected chi connectivity index (χ0v) is 13.5. The summed E-state index contributed by atoms with van der Waals surface area (Å²) in [5.41, 5.74) is 2.43. The SMILES string of the molecule is O[Se]1c2cc3ccccc3cc2-c2cc3ccccc3cc21. The molecule has 1 N–H and O–H groups in total. The average Bonchev–Trinajstić information content (AvgIpc) is 2.83. The molecule has 0 aromatic heterocycles. The van der Waals surface area contributed by atoms with Gasteiger partial charge in [0.2, 0.25) is 0 Å². The van der Waals surface area contributed by atoms with E-state index in [2.05, 4.69) is 72.8 Å². The van der Waals surface area contributed by atoms with Gasteiger partial charge in [-0.15, -0.1) is 0 Å². The van der Waals surface area contributed by atoms with E-state index in [4.69, 9.17) is 0 Å². The molecule has 0 bridgehead atoms. The molecule has 4 aromatic carbocycles. The molecule has 1 aliphatic heterocycles. The second-order valence-electron chi connectivity index (χ2n) is 5.68. The molecule has 2 heteroatoms. The minimum absolute atomic E-state index is 1.14. The average molecular weight is 348 g/mol. The van der Waals surface area contributed by atoms with Gasteiger partial charge in [-0.3, -0.25) is 0 Å². The van der Waals surface area contributed by atoms with Crippen LogP contribution in [0.2, 0.25) is 0 Å². The number of hydrogen-bond donors (Lipinski definition) is 1. The zero-order chi connectivity index (χ0) is 14.7. The summed E-state index contributed by atoms with van der Waals surface area (Å²) in [4.78, 5) is 0. The summed E-state index contributed by atoms with van der Waals surface area (Å²) in [7, 11) is 0. The first-order valence-electron chi connectivity index (χ1n) is 7.30. The first kappa shape index (κ1) is 12.4. The molecule has 5 rings (SSSR count). The first-order chi connectivity index (χ1) is 10.8. The van der Waals surface area contributed by atoms with E-state index < -0.39 is 14.2 Å². The van der Waals surface area contributed by atoms with E-state index in [0.29, 0.717) is 0 Å². The summed E-state index contributed by atoms with van der Waals surface area (Å²) in [5.74, 6) is 0. The summed E-state index contributed by atoms with van der Waals surface area (Å²) in [5, 5.41) is 4.89. The van der Waals surface area contributed by atoms with Gasteiger partial charge in [0.25, 0.3) is 0 Å². The Balaban J connectivity index is 1.88. The molecule has 1 aliphatic rings. The van der Waals surface area contributed by atoms with Gasteiger partial charge in [-0.25, -0.2) is 0 Å². The summed E-state index contributed by atoms with van der Waals surface area (Å²) in [6.45, 7) is 0. The predicted molar refractivity (Wildman–Crippen MR) is 94.1 cm³/mol. The maximum atomic E-state index is 10.9. The molecule has 0 amide bonds. The van der Waals surface area contributed by atoms with E-state index in [9.17, 15) is 4.19 Å². The van der Waals surface area contributed by atoms with Gasteiger partial charge in [0, 0.05) is 0 Å². The topological polar surface area (TPSA) is 20.2 Å². The molecule has 22 heavy (non-hydrogen) atoms. The second kappa shape index (κ2) is 4.44. The fourth-order valence-electron chi connectivity index (χ4n) is 3.30. The Bertz CT molecular complexity index is 967. The molecule has 0 spiro atoms. The van der Waals surface area contributed by atoms with Crippen LogP contribution in [0.3, 0.4) is 0 Å². The van der Waals surface area contributed by atoms with Crippen LogP contribution in [-0.2, 0) is 0 Å². The zero-order valence-electron chi connectivity index (χ0n) is 11.8. The van der Waals surface area contributed by atoms with Crippen molar-refractivity contribution in [2.75, 3.05) is 0 Å². The monoisotopic (exact) mass is 349 g/mol. The Hall–Kier alpha value is -2.12. The van der Waals surface area contributed by atoms with Crippen LogP contribution >= 0.6 is 0 Å². The Kier molecular flexibility index (Phi) is 2.51. The van der Waals surface area contributed by atoms with Crippen molar-refractivity contribution in [1.29, 1.82) is 0 Å². The van der Waals surface area contributed by atoms with Crippen molar-refractivity contribution < 1.29 is 4.19 Å². The molecule has 0 aliphatic carbocycles. The standard InChI is InChI=1S/C20H13OSe/c21-22-19-11-15-7-3-1-5-13(15)9-17(19)18-10-14-6-2-4-8-16(14)12-20(18)22/h1-12,21H.